The number of carbonyl (C=O) groups is 1. The number of methoxy groups -OCH3 is 1. The van der Waals surface area contributed by atoms with E-state index in [1.54, 1.807) is 16.4 Å². The van der Waals surface area contributed by atoms with Crippen molar-refractivity contribution in [3.63, 3.8) is 0 Å². The molecule has 5 rings (SSSR count). The van der Waals surface area contributed by atoms with E-state index in [0.717, 1.165) is 49.8 Å². The van der Waals surface area contributed by atoms with E-state index in [-0.39, 0.29) is 16.5 Å². The lowest BCUT2D eigenvalue weighted by molar-refractivity contribution is 0.0483. The highest BCUT2D eigenvalue weighted by molar-refractivity contribution is 7.92. The summed E-state index contributed by atoms with van der Waals surface area (Å²) in [5, 5.41) is 0. The second-order valence-electron chi connectivity index (χ2n) is 9.39. The summed E-state index contributed by atoms with van der Waals surface area (Å²) in [5.41, 5.74) is 1.90. The SMILES string of the molecule is COC(=O)c1cc(S(=O)(=O)N2c3ccccc3CCC2C2CC2)ccc1OCC1CCOCC1. The molecule has 7 nitrogen and oxygen atoms in total. The zero-order valence-corrected chi connectivity index (χ0v) is 20.3. The van der Waals surface area contributed by atoms with Crippen molar-refractivity contribution in [1.82, 2.24) is 0 Å². The third kappa shape index (κ3) is 4.53. The molecule has 1 aliphatic carbocycles. The van der Waals surface area contributed by atoms with Gasteiger partial charge in [0.25, 0.3) is 10.0 Å². The third-order valence-electron chi connectivity index (χ3n) is 7.13. The summed E-state index contributed by atoms with van der Waals surface area (Å²) in [6, 6.07) is 12.2. The van der Waals surface area contributed by atoms with Gasteiger partial charge in [0.2, 0.25) is 0 Å². The molecule has 1 unspecified atom stereocenters. The molecule has 1 saturated carbocycles. The first-order valence-electron chi connectivity index (χ1n) is 12.0. The van der Waals surface area contributed by atoms with Crippen LogP contribution >= 0.6 is 0 Å². The topological polar surface area (TPSA) is 82.1 Å². The predicted octanol–water partition coefficient (Wildman–Crippen LogP) is 4.20. The fraction of sp³-hybridized carbons (Fsp3) is 0.500. The third-order valence-corrected chi connectivity index (χ3v) is 8.97. The van der Waals surface area contributed by atoms with Crippen molar-refractivity contribution in [2.45, 2.75) is 49.5 Å². The van der Waals surface area contributed by atoms with Crippen molar-refractivity contribution in [3.05, 3.63) is 53.6 Å². The van der Waals surface area contributed by atoms with Crippen LogP contribution in [0.25, 0.3) is 0 Å². The molecule has 0 aromatic heterocycles. The Hall–Kier alpha value is -2.58. The molecule has 2 aliphatic heterocycles. The summed E-state index contributed by atoms with van der Waals surface area (Å²) in [4.78, 5) is 12.7. The molecule has 0 amide bonds. The Morgan fingerprint density at radius 1 is 1.06 bits per heavy atom. The van der Waals surface area contributed by atoms with Crippen LogP contribution in [0.15, 0.2) is 47.4 Å². The molecule has 2 aromatic rings. The van der Waals surface area contributed by atoms with Crippen LogP contribution in [-0.4, -0.2) is 47.4 Å². The van der Waals surface area contributed by atoms with Gasteiger partial charge >= 0.3 is 5.97 Å². The van der Waals surface area contributed by atoms with Crippen molar-refractivity contribution in [1.29, 1.82) is 0 Å². The molecule has 3 aliphatic rings. The molecule has 0 spiro atoms. The summed E-state index contributed by atoms with van der Waals surface area (Å²) in [6.07, 6.45) is 5.57. The van der Waals surface area contributed by atoms with Crippen molar-refractivity contribution in [2.24, 2.45) is 11.8 Å². The molecular weight excluding hydrogens is 454 g/mol. The zero-order chi connectivity index (χ0) is 23.7. The van der Waals surface area contributed by atoms with Crippen LogP contribution in [0.4, 0.5) is 5.69 Å². The minimum absolute atomic E-state index is 0.0640. The van der Waals surface area contributed by atoms with Gasteiger partial charge in [-0.05, 0) is 80.2 Å². The molecular formula is C26H31NO6S. The number of nitrogens with zero attached hydrogens (tertiary/aromatic N) is 1. The van der Waals surface area contributed by atoms with Gasteiger partial charge in [-0.25, -0.2) is 13.2 Å². The zero-order valence-electron chi connectivity index (χ0n) is 19.4. The smallest absolute Gasteiger partial charge is 0.341 e. The maximum absolute atomic E-state index is 14.0. The van der Waals surface area contributed by atoms with E-state index in [1.165, 1.54) is 13.2 Å². The molecule has 34 heavy (non-hydrogen) atoms. The first kappa shape index (κ1) is 23.2. The highest BCUT2D eigenvalue weighted by atomic mass is 32.2. The second kappa shape index (κ2) is 9.58. The van der Waals surface area contributed by atoms with Crippen LogP contribution in [0.5, 0.6) is 5.75 Å². The van der Waals surface area contributed by atoms with E-state index in [9.17, 15) is 13.2 Å². The highest BCUT2D eigenvalue weighted by Gasteiger charge is 2.43. The monoisotopic (exact) mass is 485 g/mol. The Kier molecular flexibility index (Phi) is 6.53. The maximum Gasteiger partial charge on any atom is 0.341 e. The summed E-state index contributed by atoms with van der Waals surface area (Å²) in [5.74, 6) is 0.448. The number of benzene rings is 2. The number of carbonyl (C=O) groups excluding carboxylic acids is 1. The van der Waals surface area contributed by atoms with Crippen LogP contribution in [0.2, 0.25) is 0 Å². The van der Waals surface area contributed by atoms with Crippen LogP contribution in [0, 0.1) is 11.8 Å². The quantitative estimate of drug-likeness (QED) is 0.547. The van der Waals surface area contributed by atoms with Gasteiger partial charge in [0, 0.05) is 19.3 Å². The van der Waals surface area contributed by atoms with Gasteiger partial charge in [-0.15, -0.1) is 0 Å². The Morgan fingerprint density at radius 3 is 2.56 bits per heavy atom. The van der Waals surface area contributed by atoms with Gasteiger partial charge in [-0.3, -0.25) is 4.31 Å². The molecule has 2 fully saturated rings. The average Bonchev–Trinajstić information content (AvgIpc) is 3.72. The second-order valence-corrected chi connectivity index (χ2v) is 11.2. The number of rotatable bonds is 7. The molecule has 2 aromatic carbocycles. The lowest BCUT2D eigenvalue weighted by Crippen LogP contribution is -2.45. The van der Waals surface area contributed by atoms with E-state index < -0.39 is 16.0 Å². The molecule has 0 bridgehead atoms. The van der Waals surface area contributed by atoms with Gasteiger partial charge < -0.3 is 14.2 Å². The van der Waals surface area contributed by atoms with E-state index in [0.29, 0.717) is 37.4 Å². The van der Waals surface area contributed by atoms with Crippen LogP contribution in [0.1, 0.15) is 48.0 Å². The van der Waals surface area contributed by atoms with E-state index >= 15 is 0 Å². The van der Waals surface area contributed by atoms with E-state index in [4.69, 9.17) is 14.2 Å². The lowest BCUT2D eigenvalue weighted by Gasteiger charge is -2.38. The van der Waals surface area contributed by atoms with E-state index in [1.807, 2.05) is 24.3 Å². The van der Waals surface area contributed by atoms with Gasteiger partial charge in [0.1, 0.15) is 11.3 Å². The Morgan fingerprint density at radius 2 is 1.82 bits per heavy atom. The van der Waals surface area contributed by atoms with Gasteiger partial charge in [-0.2, -0.15) is 0 Å². The van der Waals surface area contributed by atoms with Crippen molar-refractivity contribution < 1.29 is 27.4 Å². The molecule has 0 radical (unpaired) electrons. The number of sulfonamides is 1. The first-order valence-corrected chi connectivity index (χ1v) is 13.5. The summed E-state index contributed by atoms with van der Waals surface area (Å²) in [6.45, 7) is 1.85. The number of anilines is 1. The summed E-state index contributed by atoms with van der Waals surface area (Å²) < 4.78 is 45.9. The van der Waals surface area contributed by atoms with Crippen LogP contribution in [0.3, 0.4) is 0 Å². The van der Waals surface area contributed by atoms with Crippen molar-refractivity contribution >= 4 is 21.7 Å². The first-order chi connectivity index (χ1) is 16.5. The van der Waals surface area contributed by atoms with Crippen molar-refractivity contribution in [2.75, 3.05) is 31.2 Å². The van der Waals surface area contributed by atoms with Gasteiger partial charge in [0.05, 0.1) is 24.3 Å². The molecule has 8 heteroatoms. The van der Waals surface area contributed by atoms with Crippen LogP contribution in [-0.2, 0) is 25.9 Å². The molecule has 182 valence electrons. The Balaban J connectivity index is 1.48. The molecule has 2 heterocycles. The van der Waals surface area contributed by atoms with Crippen molar-refractivity contribution in [3.8, 4) is 5.75 Å². The normalized spacial score (nSPS) is 21.1. The largest absolute Gasteiger partial charge is 0.492 e. The number of esters is 1. The number of hydrogen-bond acceptors (Lipinski definition) is 6. The number of aryl methyl sites for hydroxylation is 1. The number of hydrogen-bond donors (Lipinski definition) is 0. The molecule has 0 N–H and O–H groups in total. The Labute approximate surface area is 201 Å². The maximum atomic E-state index is 14.0. The minimum atomic E-state index is -3.89. The van der Waals surface area contributed by atoms with Gasteiger partial charge in [0.15, 0.2) is 0 Å². The number of fused-ring (bicyclic) bond motifs is 1. The summed E-state index contributed by atoms with van der Waals surface area (Å²) in [7, 11) is -2.61. The number of ether oxygens (including phenoxy) is 3. The number of para-hydroxylation sites is 1. The van der Waals surface area contributed by atoms with Crippen LogP contribution < -0.4 is 9.04 Å². The fourth-order valence-corrected chi connectivity index (χ4v) is 6.86. The molecule has 1 saturated heterocycles. The predicted molar refractivity (Wildman–Crippen MR) is 128 cm³/mol. The average molecular weight is 486 g/mol. The molecule has 1 atom stereocenters. The fourth-order valence-electron chi connectivity index (χ4n) is 5.05. The standard InChI is InChI=1S/C26H31NO6S/c1-31-26(28)22-16-21(9-11-25(22)33-17-18-12-14-32-15-13-18)34(29,30)27-23-5-3-2-4-19(23)8-10-24(27)20-6-7-20/h2-5,9,11,16,18,20,24H,6-8,10,12-15,17H2,1H3. The minimum Gasteiger partial charge on any atom is -0.492 e. The van der Waals surface area contributed by atoms with E-state index in [2.05, 4.69) is 0 Å². The highest BCUT2D eigenvalue weighted by Crippen LogP contribution is 2.45. The van der Waals surface area contributed by atoms with Gasteiger partial charge in [-0.1, -0.05) is 18.2 Å². The summed E-state index contributed by atoms with van der Waals surface area (Å²) >= 11 is 0. The Bertz CT molecular complexity index is 1150. The lowest BCUT2D eigenvalue weighted by atomic mass is 9.95.